The average Bonchev–Trinajstić information content (AvgIpc) is 2.76. The molecule has 190 valence electrons. The smallest absolute Gasteiger partial charge is 0.250 e. The van der Waals surface area contributed by atoms with Gasteiger partial charge in [-0.15, -0.1) is 0 Å². The number of benzene rings is 1. The van der Waals surface area contributed by atoms with Crippen LogP contribution in [-0.2, 0) is 7.05 Å². The number of alkyl halides is 1. The van der Waals surface area contributed by atoms with E-state index in [1.807, 2.05) is 13.8 Å². The van der Waals surface area contributed by atoms with Crippen molar-refractivity contribution in [3.63, 3.8) is 0 Å². The van der Waals surface area contributed by atoms with Crippen molar-refractivity contribution in [2.75, 3.05) is 0 Å². The summed E-state index contributed by atoms with van der Waals surface area (Å²) in [5.41, 5.74) is 19.0. The van der Waals surface area contributed by atoms with Crippen molar-refractivity contribution in [3.05, 3.63) is 70.0 Å². The Hall–Kier alpha value is -3.50. The van der Waals surface area contributed by atoms with E-state index in [-0.39, 0.29) is 34.1 Å². The van der Waals surface area contributed by atoms with Gasteiger partial charge in [0.05, 0.1) is 11.7 Å². The van der Waals surface area contributed by atoms with Gasteiger partial charge in [0.1, 0.15) is 17.7 Å². The van der Waals surface area contributed by atoms with Crippen molar-refractivity contribution in [2.45, 2.75) is 57.4 Å². The normalized spacial score (nSPS) is 22.4. The number of phenols is 1. The lowest BCUT2D eigenvalue weighted by molar-refractivity contribution is -0.00193. The number of hydrogen-bond acceptors (Lipinski definition) is 8. The summed E-state index contributed by atoms with van der Waals surface area (Å²) in [5, 5.41) is 15.0. The number of nitrogens with two attached hydrogens (primary N) is 4. The standard InChI is InChI=1S/C25H36FN7O2/c1-24(2)13-19(22(26)25(3,4)31-24)33(30)23(29)18(28)12-17(27)16-7-6-14(10-20(16)34)15-8-9-32(5)21(35)11-15/h6-12,19,22,31,34H,13,27-30H2,1-5H3/b17-12-,23-18-. The van der Waals surface area contributed by atoms with Crippen LogP contribution in [0.25, 0.3) is 16.8 Å². The van der Waals surface area contributed by atoms with Crippen molar-refractivity contribution in [1.29, 1.82) is 0 Å². The van der Waals surface area contributed by atoms with Gasteiger partial charge in [-0.25, -0.2) is 10.2 Å². The van der Waals surface area contributed by atoms with Crippen molar-refractivity contribution >= 4 is 5.70 Å². The van der Waals surface area contributed by atoms with Gasteiger partial charge in [-0.3, -0.25) is 9.80 Å². The molecule has 0 radical (unpaired) electrons. The minimum atomic E-state index is -1.31. The van der Waals surface area contributed by atoms with Crippen molar-refractivity contribution < 1.29 is 9.50 Å². The molecule has 1 saturated heterocycles. The van der Waals surface area contributed by atoms with Crippen LogP contribution in [0, 0.1) is 0 Å². The zero-order valence-corrected chi connectivity index (χ0v) is 20.8. The molecule has 9 nitrogen and oxygen atoms in total. The fourth-order valence-corrected chi connectivity index (χ4v) is 4.67. The van der Waals surface area contributed by atoms with Crippen LogP contribution in [0.3, 0.4) is 0 Å². The maximum absolute atomic E-state index is 15.3. The van der Waals surface area contributed by atoms with Gasteiger partial charge in [-0.1, -0.05) is 6.07 Å². The quantitative estimate of drug-likeness (QED) is 0.211. The number of nitrogens with zero attached hydrogens (tertiary/aromatic N) is 2. The van der Waals surface area contributed by atoms with E-state index < -0.39 is 17.8 Å². The van der Waals surface area contributed by atoms with Crippen LogP contribution in [0.5, 0.6) is 5.75 Å². The van der Waals surface area contributed by atoms with Crippen LogP contribution in [0.4, 0.5) is 4.39 Å². The van der Waals surface area contributed by atoms with Gasteiger partial charge in [0.2, 0.25) is 0 Å². The second-order valence-electron chi connectivity index (χ2n) is 10.3. The molecule has 10 N–H and O–H groups in total. The minimum absolute atomic E-state index is 0.0228. The second kappa shape index (κ2) is 9.27. The lowest BCUT2D eigenvalue weighted by Crippen LogP contribution is -2.70. The predicted octanol–water partition coefficient (Wildman–Crippen LogP) is 1.58. The first-order valence-corrected chi connectivity index (χ1v) is 11.3. The van der Waals surface area contributed by atoms with Crippen molar-refractivity contribution in [3.8, 4) is 16.9 Å². The van der Waals surface area contributed by atoms with Gasteiger partial charge >= 0.3 is 0 Å². The molecule has 2 aromatic rings. The average molecular weight is 486 g/mol. The summed E-state index contributed by atoms with van der Waals surface area (Å²) in [5.74, 6) is 6.11. The third-order valence-corrected chi connectivity index (χ3v) is 6.40. The molecule has 10 heteroatoms. The number of piperidine rings is 1. The number of allylic oxidation sites excluding steroid dienone is 1. The molecule has 3 rings (SSSR count). The third kappa shape index (κ3) is 5.44. The predicted molar refractivity (Wildman–Crippen MR) is 137 cm³/mol. The van der Waals surface area contributed by atoms with E-state index in [1.54, 1.807) is 45.3 Å². The SMILES string of the molecule is Cn1ccc(-c2ccc(/C(N)=C/C(N)=C(\N)N(N)C3CC(C)(C)NC(C)(C)C3F)c(O)c2)cc1=O. The van der Waals surface area contributed by atoms with Gasteiger partial charge in [-0.2, -0.15) is 0 Å². The van der Waals surface area contributed by atoms with Crippen LogP contribution in [-0.4, -0.2) is 38.0 Å². The Morgan fingerprint density at radius 2 is 1.80 bits per heavy atom. The molecular weight excluding hydrogens is 449 g/mol. The summed E-state index contributed by atoms with van der Waals surface area (Å²) in [6, 6.07) is 7.40. The Bertz CT molecular complexity index is 1230. The van der Waals surface area contributed by atoms with E-state index in [2.05, 4.69) is 5.32 Å². The fourth-order valence-electron chi connectivity index (χ4n) is 4.67. The van der Waals surface area contributed by atoms with E-state index in [9.17, 15) is 9.90 Å². The number of aromatic nitrogens is 1. The minimum Gasteiger partial charge on any atom is -0.507 e. The van der Waals surface area contributed by atoms with Crippen LogP contribution in [0.2, 0.25) is 0 Å². The number of aryl methyl sites for hydroxylation is 1. The number of phenolic OH excluding ortho intramolecular Hbond substituents is 1. The van der Waals surface area contributed by atoms with Crippen LogP contribution in [0.1, 0.15) is 39.7 Å². The number of hydrogen-bond donors (Lipinski definition) is 6. The molecule has 0 aliphatic carbocycles. The van der Waals surface area contributed by atoms with E-state index in [1.165, 1.54) is 22.8 Å². The van der Waals surface area contributed by atoms with Gasteiger partial charge in [0.25, 0.3) is 5.56 Å². The number of aromatic hydroxyl groups is 1. The molecule has 1 fully saturated rings. The van der Waals surface area contributed by atoms with Gasteiger partial charge in [0.15, 0.2) is 0 Å². The molecule has 0 saturated carbocycles. The first kappa shape index (κ1) is 26.1. The first-order valence-electron chi connectivity index (χ1n) is 11.3. The molecule has 0 bridgehead atoms. The molecule has 2 atom stereocenters. The Balaban J connectivity index is 1.88. The number of nitrogens with one attached hydrogen (secondary N) is 1. The molecule has 1 aliphatic rings. The largest absolute Gasteiger partial charge is 0.507 e. The highest BCUT2D eigenvalue weighted by Crippen LogP contribution is 2.34. The number of hydrazine groups is 1. The van der Waals surface area contributed by atoms with Gasteiger partial charge in [-0.05, 0) is 69.5 Å². The molecule has 2 unspecified atom stereocenters. The Kier molecular flexibility index (Phi) is 6.92. The Morgan fingerprint density at radius 3 is 2.40 bits per heavy atom. The number of rotatable bonds is 5. The highest BCUT2D eigenvalue weighted by atomic mass is 19.1. The summed E-state index contributed by atoms with van der Waals surface area (Å²) in [4.78, 5) is 11.9. The highest BCUT2D eigenvalue weighted by molar-refractivity contribution is 5.74. The van der Waals surface area contributed by atoms with Crippen molar-refractivity contribution in [1.82, 2.24) is 14.9 Å². The molecule has 35 heavy (non-hydrogen) atoms. The Morgan fingerprint density at radius 1 is 1.17 bits per heavy atom. The molecule has 1 aliphatic heterocycles. The van der Waals surface area contributed by atoms with Crippen molar-refractivity contribution in [2.24, 2.45) is 30.1 Å². The summed E-state index contributed by atoms with van der Waals surface area (Å²) in [6.07, 6.45) is 2.13. The van der Waals surface area contributed by atoms with Crippen LogP contribution < -0.4 is 33.9 Å². The first-order chi connectivity index (χ1) is 16.1. The van der Waals surface area contributed by atoms with Gasteiger partial charge < -0.3 is 32.2 Å². The fraction of sp³-hybridized carbons (Fsp3) is 0.400. The maximum Gasteiger partial charge on any atom is 0.250 e. The van der Waals surface area contributed by atoms with E-state index >= 15 is 4.39 Å². The molecular formula is C25H36FN7O2. The lowest BCUT2D eigenvalue weighted by atomic mass is 9.78. The highest BCUT2D eigenvalue weighted by Gasteiger charge is 2.48. The Labute approximate surface area is 204 Å². The molecule has 1 aromatic heterocycles. The summed E-state index contributed by atoms with van der Waals surface area (Å²) < 4.78 is 16.7. The lowest BCUT2D eigenvalue weighted by Gasteiger charge is -2.51. The van der Waals surface area contributed by atoms with Crippen LogP contribution in [0.15, 0.2) is 58.9 Å². The van der Waals surface area contributed by atoms with E-state index in [4.69, 9.17) is 23.0 Å². The zero-order valence-electron chi connectivity index (χ0n) is 20.8. The summed E-state index contributed by atoms with van der Waals surface area (Å²) in [6.45, 7) is 7.51. The monoisotopic (exact) mass is 485 g/mol. The third-order valence-electron chi connectivity index (χ3n) is 6.40. The zero-order chi connectivity index (χ0) is 26.3. The summed E-state index contributed by atoms with van der Waals surface area (Å²) in [7, 11) is 1.66. The number of pyridine rings is 1. The van der Waals surface area contributed by atoms with Crippen LogP contribution >= 0.6 is 0 Å². The molecule has 2 heterocycles. The molecule has 1 aromatic carbocycles. The molecule has 0 amide bonds. The maximum atomic E-state index is 15.3. The summed E-state index contributed by atoms with van der Waals surface area (Å²) >= 11 is 0. The number of halogens is 1. The van der Waals surface area contributed by atoms with E-state index in [0.717, 1.165) is 5.01 Å². The topological polar surface area (TPSA) is 162 Å². The van der Waals surface area contributed by atoms with E-state index in [0.29, 0.717) is 23.1 Å². The van der Waals surface area contributed by atoms with Gasteiger partial charge in [0, 0.05) is 41.6 Å². The second-order valence-corrected chi connectivity index (χ2v) is 10.3. The molecule has 0 spiro atoms.